The van der Waals surface area contributed by atoms with E-state index in [1.165, 1.54) is 0 Å². The predicted molar refractivity (Wildman–Crippen MR) is 52.4 cm³/mol. The van der Waals surface area contributed by atoms with Crippen LogP contribution >= 0.6 is 11.6 Å². The number of aliphatic carboxylic acids is 1. The molecule has 5 heteroatoms. The molecule has 0 radical (unpaired) electrons. The maximum atomic E-state index is 10.6. The predicted octanol–water partition coefficient (Wildman–Crippen LogP) is 1.84. The molecule has 0 unspecified atom stereocenters. The number of benzene rings is 1. The normalized spacial score (nSPS) is 10.6. The van der Waals surface area contributed by atoms with Crippen LogP contribution in [0, 0.1) is 0 Å². The molecule has 0 spiro atoms. The van der Waals surface area contributed by atoms with Crippen molar-refractivity contribution in [3.8, 4) is 0 Å². The van der Waals surface area contributed by atoms with Gasteiger partial charge in [-0.2, -0.15) is 5.10 Å². The number of carbonyl (C=O) groups is 1. The molecule has 1 aromatic heterocycles. The summed E-state index contributed by atoms with van der Waals surface area (Å²) in [5, 5.41) is 16.5. The van der Waals surface area contributed by atoms with Crippen molar-refractivity contribution < 1.29 is 9.90 Å². The second-order valence-electron chi connectivity index (χ2n) is 2.94. The van der Waals surface area contributed by atoms with E-state index in [2.05, 4.69) is 10.2 Å². The Morgan fingerprint density at radius 3 is 3.07 bits per heavy atom. The van der Waals surface area contributed by atoms with E-state index in [-0.39, 0.29) is 6.42 Å². The molecular weight excluding hydrogens is 204 g/mol. The fourth-order valence-corrected chi connectivity index (χ4v) is 1.58. The number of halogens is 1. The Labute approximate surface area is 84.5 Å². The van der Waals surface area contributed by atoms with E-state index in [0.29, 0.717) is 16.1 Å². The lowest BCUT2D eigenvalue weighted by Gasteiger charge is -1.99. The maximum Gasteiger partial charge on any atom is 0.307 e. The van der Waals surface area contributed by atoms with Crippen molar-refractivity contribution in [1.82, 2.24) is 10.2 Å². The zero-order valence-corrected chi connectivity index (χ0v) is 7.88. The highest BCUT2D eigenvalue weighted by molar-refractivity contribution is 6.35. The zero-order chi connectivity index (χ0) is 10.1. The molecule has 0 aliphatic carbocycles. The lowest BCUT2D eigenvalue weighted by Crippen LogP contribution is -2.00. The van der Waals surface area contributed by atoms with E-state index in [4.69, 9.17) is 16.7 Å². The van der Waals surface area contributed by atoms with Crippen LogP contribution in [0.25, 0.3) is 10.9 Å². The van der Waals surface area contributed by atoms with Crippen molar-refractivity contribution >= 4 is 28.5 Å². The van der Waals surface area contributed by atoms with Gasteiger partial charge in [0.25, 0.3) is 0 Å². The quantitative estimate of drug-likeness (QED) is 0.795. The van der Waals surface area contributed by atoms with Crippen LogP contribution in [0.15, 0.2) is 18.3 Å². The number of hydrogen-bond acceptors (Lipinski definition) is 2. The highest BCUT2D eigenvalue weighted by atomic mass is 35.5. The maximum absolute atomic E-state index is 10.6. The largest absolute Gasteiger partial charge is 0.481 e. The average molecular weight is 211 g/mol. The summed E-state index contributed by atoms with van der Waals surface area (Å²) in [7, 11) is 0. The minimum atomic E-state index is -0.866. The first-order chi connectivity index (χ1) is 6.68. The summed E-state index contributed by atoms with van der Waals surface area (Å²) in [6.07, 6.45) is 1.56. The number of carboxylic acid groups (broad SMARTS) is 1. The lowest BCUT2D eigenvalue weighted by atomic mass is 10.1. The first-order valence-corrected chi connectivity index (χ1v) is 4.38. The van der Waals surface area contributed by atoms with Gasteiger partial charge >= 0.3 is 5.97 Å². The molecule has 72 valence electrons. The molecule has 0 aliphatic rings. The second-order valence-corrected chi connectivity index (χ2v) is 3.34. The van der Waals surface area contributed by atoms with Gasteiger partial charge in [-0.15, -0.1) is 0 Å². The Balaban J connectivity index is 2.60. The summed E-state index contributed by atoms with van der Waals surface area (Å²) in [6, 6.07) is 3.37. The second kappa shape index (κ2) is 3.31. The van der Waals surface area contributed by atoms with E-state index in [9.17, 15) is 4.79 Å². The van der Waals surface area contributed by atoms with Crippen molar-refractivity contribution in [2.75, 3.05) is 0 Å². The van der Waals surface area contributed by atoms with Gasteiger partial charge in [0.05, 0.1) is 23.2 Å². The number of nitrogens with zero attached hydrogens (tertiary/aromatic N) is 1. The van der Waals surface area contributed by atoms with Crippen molar-refractivity contribution in [2.24, 2.45) is 0 Å². The van der Waals surface area contributed by atoms with E-state index in [1.807, 2.05) is 0 Å². The van der Waals surface area contributed by atoms with E-state index < -0.39 is 5.97 Å². The topological polar surface area (TPSA) is 66.0 Å². The molecule has 2 aromatic rings. The van der Waals surface area contributed by atoms with Gasteiger partial charge in [-0.05, 0) is 11.6 Å². The molecule has 0 saturated carbocycles. The Morgan fingerprint density at radius 1 is 1.57 bits per heavy atom. The van der Waals surface area contributed by atoms with Gasteiger partial charge in [-0.3, -0.25) is 9.89 Å². The van der Waals surface area contributed by atoms with Gasteiger partial charge in [-0.1, -0.05) is 17.7 Å². The molecule has 2 rings (SSSR count). The number of carboxylic acids is 1. The molecule has 14 heavy (non-hydrogen) atoms. The molecule has 0 fully saturated rings. The fourth-order valence-electron chi connectivity index (χ4n) is 1.38. The van der Waals surface area contributed by atoms with Crippen molar-refractivity contribution in [3.05, 3.63) is 28.9 Å². The molecule has 4 nitrogen and oxygen atoms in total. The minimum absolute atomic E-state index is 0.0206. The molecule has 0 saturated heterocycles. The highest BCUT2D eigenvalue weighted by Crippen LogP contribution is 2.24. The smallest absolute Gasteiger partial charge is 0.307 e. The van der Waals surface area contributed by atoms with E-state index in [0.717, 1.165) is 5.39 Å². The van der Waals surface area contributed by atoms with Crippen LogP contribution in [0.1, 0.15) is 5.56 Å². The van der Waals surface area contributed by atoms with Crippen LogP contribution in [-0.2, 0) is 11.2 Å². The lowest BCUT2D eigenvalue weighted by molar-refractivity contribution is -0.136. The minimum Gasteiger partial charge on any atom is -0.481 e. The number of aromatic nitrogens is 2. The van der Waals surface area contributed by atoms with Crippen molar-refractivity contribution in [1.29, 1.82) is 0 Å². The van der Waals surface area contributed by atoms with Crippen LogP contribution in [0.2, 0.25) is 5.02 Å². The number of hydrogen-bond donors (Lipinski definition) is 2. The van der Waals surface area contributed by atoms with Gasteiger partial charge in [0, 0.05) is 5.39 Å². The zero-order valence-electron chi connectivity index (χ0n) is 7.12. The molecular formula is C9H7ClN2O2. The van der Waals surface area contributed by atoms with Crippen LogP contribution in [0.4, 0.5) is 0 Å². The summed E-state index contributed by atoms with van der Waals surface area (Å²) < 4.78 is 0. The van der Waals surface area contributed by atoms with Gasteiger partial charge in [0.1, 0.15) is 0 Å². The van der Waals surface area contributed by atoms with Gasteiger partial charge in [0.2, 0.25) is 0 Å². The summed E-state index contributed by atoms with van der Waals surface area (Å²) in [5.74, 6) is -0.866. The first-order valence-electron chi connectivity index (χ1n) is 4.00. The highest BCUT2D eigenvalue weighted by Gasteiger charge is 2.08. The standard InChI is InChI=1S/C9H7ClN2O2/c10-7-2-1-5(3-8(13)14)6-4-11-12-9(6)7/h1-2,4H,3H2,(H,11,12)(H,13,14). The first kappa shape index (κ1) is 9.02. The van der Waals surface area contributed by atoms with Crippen LogP contribution in [0.5, 0.6) is 0 Å². The van der Waals surface area contributed by atoms with Gasteiger partial charge in [-0.25, -0.2) is 0 Å². The number of fused-ring (bicyclic) bond motifs is 1. The monoisotopic (exact) mass is 210 g/mol. The summed E-state index contributed by atoms with van der Waals surface area (Å²) in [5.41, 5.74) is 1.40. The van der Waals surface area contributed by atoms with E-state index in [1.54, 1.807) is 18.3 Å². The molecule has 0 atom stereocenters. The van der Waals surface area contributed by atoms with Crippen LogP contribution in [0.3, 0.4) is 0 Å². The third-order valence-electron chi connectivity index (χ3n) is 2.00. The Bertz CT molecular complexity index is 493. The number of nitrogens with one attached hydrogen (secondary N) is 1. The Kier molecular flexibility index (Phi) is 2.13. The molecule has 1 heterocycles. The summed E-state index contributed by atoms with van der Waals surface area (Å²) >= 11 is 5.89. The van der Waals surface area contributed by atoms with Crippen molar-refractivity contribution in [3.63, 3.8) is 0 Å². The van der Waals surface area contributed by atoms with Crippen LogP contribution < -0.4 is 0 Å². The molecule has 2 N–H and O–H groups in total. The Hall–Kier alpha value is -1.55. The molecule has 0 aliphatic heterocycles. The SMILES string of the molecule is O=C(O)Cc1ccc(Cl)c2[nH]ncc12. The number of aromatic amines is 1. The summed E-state index contributed by atoms with van der Waals surface area (Å²) in [4.78, 5) is 10.6. The van der Waals surface area contributed by atoms with Crippen LogP contribution in [-0.4, -0.2) is 21.3 Å². The third-order valence-corrected chi connectivity index (χ3v) is 2.31. The molecule has 0 amide bonds. The summed E-state index contributed by atoms with van der Waals surface area (Å²) in [6.45, 7) is 0. The van der Waals surface area contributed by atoms with Gasteiger partial charge < -0.3 is 5.11 Å². The van der Waals surface area contributed by atoms with E-state index >= 15 is 0 Å². The number of rotatable bonds is 2. The molecule has 1 aromatic carbocycles. The Morgan fingerprint density at radius 2 is 2.36 bits per heavy atom. The fraction of sp³-hybridized carbons (Fsp3) is 0.111. The number of H-pyrrole nitrogens is 1. The molecule has 0 bridgehead atoms. The third kappa shape index (κ3) is 1.44. The van der Waals surface area contributed by atoms with Gasteiger partial charge in [0.15, 0.2) is 0 Å². The average Bonchev–Trinajstić information content (AvgIpc) is 2.58. The van der Waals surface area contributed by atoms with Crippen molar-refractivity contribution in [2.45, 2.75) is 6.42 Å².